The molecule has 0 aliphatic carbocycles. The van der Waals surface area contributed by atoms with Crippen molar-refractivity contribution in [1.82, 2.24) is 14.8 Å². The smallest absolute Gasteiger partial charge is 0.242 e. The van der Waals surface area contributed by atoms with Crippen molar-refractivity contribution in [3.63, 3.8) is 0 Å². The van der Waals surface area contributed by atoms with Gasteiger partial charge in [-0.3, -0.25) is 4.79 Å². The SMILES string of the molecule is Cc1cc(NC(=O)C(C)Cl)c(-c2cc(F)nn2C2CCCCO2)c(Cl)n1. The molecule has 0 saturated carbocycles. The van der Waals surface area contributed by atoms with Crippen LogP contribution >= 0.6 is 23.2 Å². The van der Waals surface area contributed by atoms with Crippen molar-refractivity contribution in [3.8, 4) is 11.3 Å². The number of aryl methyl sites for hydroxylation is 1. The first-order valence-corrected chi connectivity index (χ1v) is 9.17. The molecule has 0 spiro atoms. The number of nitrogens with one attached hydrogen (secondary N) is 1. The number of hydrogen-bond donors (Lipinski definition) is 1. The molecule has 140 valence electrons. The first-order chi connectivity index (χ1) is 12.4. The van der Waals surface area contributed by atoms with E-state index >= 15 is 0 Å². The van der Waals surface area contributed by atoms with Gasteiger partial charge in [0.05, 0.1) is 16.9 Å². The lowest BCUT2D eigenvalue weighted by molar-refractivity contribution is -0.115. The molecule has 3 rings (SSSR count). The van der Waals surface area contributed by atoms with E-state index in [-0.39, 0.29) is 5.15 Å². The summed E-state index contributed by atoms with van der Waals surface area (Å²) in [5, 5.41) is 6.06. The molecular formula is C17H19Cl2FN4O2. The van der Waals surface area contributed by atoms with E-state index in [0.29, 0.717) is 35.7 Å². The molecule has 0 aromatic carbocycles. The average molecular weight is 401 g/mol. The maximum absolute atomic E-state index is 14.0. The average Bonchev–Trinajstić information content (AvgIpc) is 2.96. The first-order valence-electron chi connectivity index (χ1n) is 8.36. The highest BCUT2D eigenvalue weighted by molar-refractivity contribution is 6.34. The molecule has 1 N–H and O–H groups in total. The van der Waals surface area contributed by atoms with Crippen LogP contribution in [0, 0.1) is 12.9 Å². The molecule has 0 radical (unpaired) electrons. The van der Waals surface area contributed by atoms with Gasteiger partial charge in [0.2, 0.25) is 11.9 Å². The van der Waals surface area contributed by atoms with E-state index in [4.69, 9.17) is 27.9 Å². The zero-order valence-corrected chi connectivity index (χ0v) is 15.9. The van der Waals surface area contributed by atoms with Crippen LogP contribution in [0.5, 0.6) is 0 Å². The second kappa shape index (κ2) is 7.90. The van der Waals surface area contributed by atoms with Crippen molar-refractivity contribution >= 4 is 34.8 Å². The van der Waals surface area contributed by atoms with Crippen LogP contribution in [0.2, 0.25) is 5.15 Å². The predicted octanol–water partition coefficient (Wildman–Crippen LogP) is 4.31. The molecule has 2 unspecified atom stereocenters. The maximum Gasteiger partial charge on any atom is 0.242 e. The second-order valence-electron chi connectivity index (χ2n) is 6.20. The van der Waals surface area contributed by atoms with Crippen LogP contribution in [0.1, 0.15) is 38.1 Å². The number of ether oxygens (including phenoxy) is 1. The van der Waals surface area contributed by atoms with Crippen molar-refractivity contribution in [2.24, 2.45) is 0 Å². The molecule has 1 amide bonds. The maximum atomic E-state index is 14.0. The number of carbonyl (C=O) groups is 1. The molecular weight excluding hydrogens is 382 g/mol. The highest BCUT2D eigenvalue weighted by atomic mass is 35.5. The predicted molar refractivity (Wildman–Crippen MR) is 97.9 cm³/mol. The molecule has 1 aliphatic rings. The number of aromatic nitrogens is 3. The highest BCUT2D eigenvalue weighted by Gasteiger charge is 2.26. The topological polar surface area (TPSA) is 69.0 Å². The normalized spacial score (nSPS) is 18.6. The van der Waals surface area contributed by atoms with Crippen molar-refractivity contribution in [2.75, 3.05) is 11.9 Å². The van der Waals surface area contributed by atoms with Gasteiger partial charge in [0.1, 0.15) is 10.5 Å². The number of rotatable bonds is 4. The summed E-state index contributed by atoms with van der Waals surface area (Å²) in [5.74, 6) is -1.05. The molecule has 6 nitrogen and oxygen atoms in total. The third kappa shape index (κ3) is 4.00. The van der Waals surface area contributed by atoms with Crippen LogP contribution in [0.3, 0.4) is 0 Å². The summed E-state index contributed by atoms with van der Waals surface area (Å²) < 4.78 is 21.2. The van der Waals surface area contributed by atoms with Crippen LogP contribution in [0.4, 0.5) is 10.1 Å². The Morgan fingerprint density at radius 2 is 2.23 bits per heavy atom. The lowest BCUT2D eigenvalue weighted by Crippen LogP contribution is -2.22. The minimum atomic E-state index is -0.738. The standard InChI is InChI=1S/C17H19Cl2FN4O2/c1-9-7-11(22-17(25)10(2)18)15(16(19)21-9)12-8-13(20)23-24(12)14-5-3-4-6-26-14/h7-8,10,14H,3-6H2,1-2H3,(H,21,22,25). The first kappa shape index (κ1) is 19.1. The number of anilines is 1. The molecule has 0 bridgehead atoms. The Labute approximate surface area is 160 Å². The molecule has 1 saturated heterocycles. The van der Waals surface area contributed by atoms with E-state index in [1.165, 1.54) is 10.7 Å². The third-order valence-corrected chi connectivity index (χ3v) is 4.58. The molecule has 1 aliphatic heterocycles. The quantitative estimate of drug-likeness (QED) is 0.612. The van der Waals surface area contributed by atoms with Gasteiger partial charge in [0.25, 0.3) is 0 Å². The summed E-state index contributed by atoms with van der Waals surface area (Å²) in [6.07, 6.45) is 2.23. The fourth-order valence-corrected chi connectivity index (χ4v) is 3.28. The van der Waals surface area contributed by atoms with Crippen LogP contribution in [0.25, 0.3) is 11.3 Å². The lowest BCUT2D eigenvalue weighted by atomic mass is 10.1. The van der Waals surface area contributed by atoms with Gasteiger partial charge >= 0.3 is 0 Å². The van der Waals surface area contributed by atoms with Crippen LogP contribution < -0.4 is 5.32 Å². The zero-order chi connectivity index (χ0) is 18.8. The van der Waals surface area contributed by atoms with Crippen molar-refractivity contribution in [1.29, 1.82) is 0 Å². The Balaban J connectivity index is 2.10. The van der Waals surface area contributed by atoms with Crippen LogP contribution in [0.15, 0.2) is 12.1 Å². The Kier molecular flexibility index (Phi) is 5.79. The Morgan fingerprint density at radius 1 is 1.46 bits per heavy atom. The van der Waals surface area contributed by atoms with Crippen molar-refractivity contribution in [2.45, 2.75) is 44.7 Å². The summed E-state index contributed by atoms with van der Waals surface area (Å²) in [7, 11) is 0. The molecule has 2 atom stereocenters. The van der Waals surface area contributed by atoms with E-state index in [0.717, 1.165) is 12.8 Å². The number of pyridine rings is 1. The largest absolute Gasteiger partial charge is 0.356 e. The van der Waals surface area contributed by atoms with Gasteiger partial charge in [-0.15, -0.1) is 16.7 Å². The summed E-state index contributed by atoms with van der Waals surface area (Å²) in [4.78, 5) is 16.3. The van der Waals surface area contributed by atoms with Gasteiger partial charge in [0, 0.05) is 18.4 Å². The fourth-order valence-electron chi connectivity index (χ4n) is 2.90. The minimum Gasteiger partial charge on any atom is -0.356 e. The Bertz CT molecular complexity index is 819. The molecule has 9 heteroatoms. The number of carbonyl (C=O) groups excluding carboxylic acids is 1. The third-order valence-electron chi connectivity index (χ3n) is 4.11. The van der Waals surface area contributed by atoms with Crippen molar-refractivity contribution in [3.05, 3.63) is 28.9 Å². The second-order valence-corrected chi connectivity index (χ2v) is 7.21. The van der Waals surface area contributed by atoms with E-state index in [1.54, 1.807) is 19.9 Å². The van der Waals surface area contributed by atoms with E-state index in [1.807, 2.05) is 0 Å². The highest BCUT2D eigenvalue weighted by Crippen LogP contribution is 2.37. The van der Waals surface area contributed by atoms with Gasteiger partial charge in [-0.1, -0.05) is 11.6 Å². The van der Waals surface area contributed by atoms with Crippen molar-refractivity contribution < 1.29 is 13.9 Å². The van der Waals surface area contributed by atoms with Crippen LogP contribution in [-0.2, 0) is 9.53 Å². The summed E-state index contributed by atoms with van der Waals surface area (Å²) >= 11 is 12.2. The molecule has 26 heavy (non-hydrogen) atoms. The Hall–Kier alpha value is -1.70. The van der Waals surface area contributed by atoms with Gasteiger partial charge in [-0.25, -0.2) is 9.67 Å². The summed E-state index contributed by atoms with van der Waals surface area (Å²) in [6.45, 7) is 3.89. The van der Waals surface area contributed by atoms with Gasteiger partial charge in [-0.2, -0.15) is 4.39 Å². The number of alkyl halides is 1. The number of amides is 1. The molecule has 2 aromatic heterocycles. The van der Waals surface area contributed by atoms with Gasteiger partial charge < -0.3 is 10.1 Å². The van der Waals surface area contributed by atoms with E-state index in [2.05, 4.69) is 15.4 Å². The number of hydrogen-bond acceptors (Lipinski definition) is 4. The van der Waals surface area contributed by atoms with Gasteiger partial charge in [0.15, 0.2) is 6.23 Å². The lowest BCUT2D eigenvalue weighted by Gasteiger charge is -2.25. The monoisotopic (exact) mass is 400 g/mol. The number of halogens is 3. The van der Waals surface area contributed by atoms with E-state index in [9.17, 15) is 9.18 Å². The van der Waals surface area contributed by atoms with E-state index < -0.39 is 23.5 Å². The molecule has 2 aromatic rings. The minimum absolute atomic E-state index is 0.138. The van der Waals surface area contributed by atoms with Crippen LogP contribution in [-0.4, -0.2) is 32.7 Å². The fraction of sp³-hybridized carbons (Fsp3) is 0.471. The zero-order valence-electron chi connectivity index (χ0n) is 14.4. The summed E-state index contributed by atoms with van der Waals surface area (Å²) in [6, 6.07) is 2.92. The number of nitrogens with zero attached hydrogens (tertiary/aromatic N) is 3. The molecule has 1 fully saturated rings. The summed E-state index contributed by atoms with van der Waals surface area (Å²) in [5.41, 5.74) is 1.78. The molecule has 3 heterocycles. The van der Waals surface area contributed by atoms with Gasteiger partial charge in [-0.05, 0) is 39.2 Å². The Morgan fingerprint density at radius 3 is 2.88 bits per heavy atom.